The molecule has 1 aromatic heterocycles. The van der Waals surface area contributed by atoms with Gasteiger partial charge in [0.1, 0.15) is 17.2 Å². The first-order chi connectivity index (χ1) is 22.6. The zero-order valence-electron chi connectivity index (χ0n) is 27.2. The SMILES string of the molecule is CCN(CC)CC.O=C(Nc1ccc(CN2CCN(C3CC3)CC2)c(C(F)(F)F)c1)N1CCc2cc(Oc3cc(Cl)ncn3)ccc21. The highest BCUT2D eigenvalue weighted by Gasteiger charge is 2.36. The molecule has 0 unspecified atom stereocenters. The van der Waals surface area contributed by atoms with E-state index in [1.165, 1.54) is 55.8 Å². The number of urea groups is 1. The normalized spacial score (nSPS) is 16.9. The molecule has 2 amide bonds. The Labute approximate surface area is 279 Å². The van der Waals surface area contributed by atoms with Gasteiger partial charge in [-0.3, -0.25) is 14.7 Å². The van der Waals surface area contributed by atoms with Gasteiger partial charge in [-0.1, -0.05) is 38.4 Å². The second kappa shape index (κ2) is 15.6. The van der Waals surface area contributed by atoms with Crippen molar-refractivity contribution >= 4 is 29.0 Å². The summed E-state index contributed by atoms with van der Waals surface area (Å²) >= 11 is 5.88. The zero-order chi connectivity index (χ0) is 33.6. The molecule has 1 aliphatic carbocycles. The summed E-state index contributed by atoms with van der Waals surface area (Å²) < 4.78 is 47.8. The number of ether oxygens (including phenoxy) is 1. The Hall–Kier alpha value is -3.45. The number of halogens is 4. The Morgan fingerprint density at radius 2 is 1.70 bits per heavy atom. The fourth-order valence-electron chi connectivity index (χ4n) is 6.03. The molecule has 13 heteroatoms. The number of alkyl halides is 3. The number of piperazine rings is 1. The molecule has 3 heterocycles. The quantitative estimate of drug-likeness (QED) is 0.242. The molecule has 0 spiro atoms. The standard InChI is InChI=1S/C28H28ClF3N6O2.C6H15N/c29-25-15-26(34-17-33-25)40-22-5-6-24-18(13-22)7-8-38(24)27(39)35-20-2-1-19(23(14-20)28(30,31)32)16-36-9-11-37(12-10-36)21-3-4-21;1-4-7(5-2)6-3/h1-2,5-6,13-15,17,21H,3-4,7-12,16H2,(H,35,39);4-6H2,1-3H3. The lowest BCUT2D eigenvalue weighted by atomic mass is 10.0. The maximum absolute atomic E-state index is 14.0. The first kappa shape index (κ1) is 34.9. The Morgan fingerprint density at radius 1 is 0.979 bits per heavy atom. The van der Waals surface area contributed by atoms with Crippen LogP contribution in [0.1, 0.15) is 50.3 Å². The van der Waals surface area contributed by atoms with Crippen LogP contribution in [-0.2, 0) is 19.1 Å². The van der Waals surface area contributed by atoms with Crippen LogP contribution < -0.4 is 15.0 Å². The predicted molar refractivity (Wildman–Crippen MR) is 178 cm³/mol. The maximum atomic E-state index is 14.0. The molecule has 6 rings (SSSR count). The molecular formula is C34H43ClF3N7O2. The van der Waals surface area contributed by atoms with E-state index in [1.807, 2.05) is 0 Å². The summed E-state index contributed by atoms with van der Waals surface area (Å²) in [6.45, 7) is 14.0. The number of carbonyl (C=O) groups is 1. The molecule has 0 radical (unpaired) electrons. The summed E-state index contributed by atoms with van der Waals surface area (Å²) in [7, 11) is 0. The minimum atomic E-state index is -4.53. The Balaban J connectivity index is 0.000000559. The number of fused-ring (bicyclic) bond motifs is 1. The zero-order valence-corrected chi connectivity index (χ0v) is 27.9. The van der Waals surface area contributed by atoms with Crippen molar-refractivity contribution in [2.45, 2.75) is 58.8 Å². The number of rotatable bonds is 9. The van der Waals surface area contributed by atoms with Crippen LogP contribution in [0.25, 0.3) is 0 Å². The van der Waals surface area contributed by atoms with Crippen molar-refractivity contribution in [1.82, 2.24) is 24.7 Å². The number of aromatic nitrogens is 2. The molecule has 2 aromatic carbocycles. The van der Waals surface area contributed by atoms with Crippen LogP contribution in [0.15, 0.2) is 48.8 Å². The smallest absolute Gasteiger partial charge is 0.416 e. The number of amides is 2. The number of carbonyl (C=O) groups excluding carboxylic acids is 1. The molecule has 0 bridgehead atoms. The Morgan fingerprint density at radius 3 is 2.32 bits per heavy atom. The molecule has 47 heavy (non-hydrogen) atoms. The van der Waals surface area contributed by atoms with E-state index in [0.29, 0.717) is 30.4 Å². The van der Waals surface area contributed by atoms with Crippen LogP contribution in [0.5, 0.6) is 11.6 Å². The molecule has 2 fully saturated rings. The highest BCUT2D eigenvalue weighted by Crippen LogP contribution is 2.36. The van der Waals surface area contributed by atoms with Crippen molar-refractivity contribution in [1.29, 1.82) is 0 Å². The molecule has 3 aromatic rings. The lowest BCUT2D eigenvalue weighted by molar-refractivity contribution is -0.138. The third-order valence-corrected chi connectivity index (χ3v) is 9.10. The van der Waals surface area contributed by atoms with E-state index in [9.17, 15) is 18.0 Å². The summed E-state index contributed by atoms with van der Waals surface area (Å²) in [5.41, 5.74) is 1.15. The van der Waals surface area contributed by atoms with Gasteiger partial charge in [-0.05, 0) is 80.4 Å². The molecule has 2 aliphatic heterocycles. The van der Waals surface area contributed by atoms with Crippen molar-refractivity contribution in [3.05, 3.63) is 70.6 Å². The van der Waals surface area contributed by atoms with Crippen molar-refractivity contribution in [3.8, 4) is 11.6 Å². The minimum Gasteiger partial charge on any atom is -0.439 e. The molecular weight excluding hydrogens is 631 g/mol. The summed E-state index contributed by atoms with van der Waals surface area (Å²) in [6, 6.07) is 11.0. The molecule has 3 aliphatic rings. The number of nitrogens with zero attached hydrogens (tertiary/aromatic N) is 6. The van der Waals surface area contributed by atoms with E-state index in [4.69, 9.17) is 16.3 Å². The van der Waals surface area contributed by atoms with E-state index in [1.54, 1.807) is 24.3 Å². The maximum Gasteiger partial charge on any atom is 0.416 e. The number of benzene rings is 2. The van der Waals surface area contributed by atoms with Gasteiger partial charge >= 0.3 is 12.2 Å². The van der Waals surface area contributed by atoms with Crippen molar-refractivity contribution in [2.75, 3.05) is 62.6 Å². The van der Waals surface area contributed by atoms with Crippen LogP contribution in [0.3, 0.4) is 0 Å². The van der Waals surface area contributed by atoms with Gasteiger partial charge in [-0.2, -0.15) is 13.2 Å². The topological polar surface area (TPSA) is 77.1 Å². The van der Waals surface area contributed by atoms with Gasteiger partial charge in [-0.15, -0.1) is 0 Å². The van der Waals surface area contributed by atoms with Crippen LogP contribution in [-0.4, -0.2) is 89.1 Å². The predicted octanol–water partition coefficient (Wildman–Crippen LogP) is 7.16. The monoisotopic (exact) mass is 673 g/mol. The molecule has 1 saturated heterocycles. The highest BCUT2D eigenvalue weighted by atomic mass is 35.5. The molecule has 254 valence electrons. The van der Waals surface area contributed by atoms with Crippen LogP contribution in [0.4, 0.5) is 29.3 Å². The van der Waals surface area contributed by atoms with Crippen molar-refractivity contribution in [2.24, 2.45) is 0 Å². The summed E-state index contributed by atoms with van der Waals surface area (Å²) in [5, 5.41) is 2.91. The van der Waals surface area contributed by atoms with Gasteiger partial charge in [0.2, 0.25) is 5.88 Å². The van der Waals surface area contributed by atoms with E-state index in [2.05, 4.69) is 50.8 Å². The second-order valence-corrected chi connectivity index (χ2v) is 12.3. The van der Waals surface area contributed by atoms with Gasteiger partial charge in [0, 0.05) is 62.8 Å². The number of nitrogens with one attached hydrogen (secondary N) is 1. The minimum absolute atomic E-state index is 0.105. The van der Waals surface area contributed by atoms with Gasteiger partial charge in [-0.25, -0.2) is 14.8 Å². The number of hydrogen-bond acceptors (Lipinski definition) is 7. The van der Waals surface area contributed by atoms with Crippen molar-refractivity contribution in [3.63, 3.8) is 0 Å². The molecule has 1 saturated carbocycles. The fraction of sp³-hybridized carbons (Fsp3) is 0.500. The summed E-state index contributed by atoms with van der Waals surface area (Å²) in [4.78, 5) is 29.3. The number of anilines is 2. The van der Waals surface area contributed by atoms with E-state index in [0.717, 1.165) is 37.8 Å². The second-order valence-electron chi connectivity index (χ2n) is 11.9. The summed E-state index contributed by atoms with van der Waals surface area (Å²) in [5.74, 6) is 0.812. The van der Waals surface area contributed by atoms with Gasteiger partial charge < -0.3 is 15.0 Å². The first-order valence-electron chi connectivity index (χ1n) is 16.3. The van der Waals surface area contributed by atoms with E-state index >= 15 is 0 Å². The highest BCUT2D eigenvalue weighted by molar-refractivity contribution is 6.29. The van der Waals surface area contributed by atoms with E-state index in [-0.39, 0.29) is 28.8 Å². The molecule has 1 N–H and O–H groups in total. The van der Waals surface area contributed by atoms with Gasteiger partial charge in [0.25, 0.3) is 0 Å². The third kappa shape index (κ3) is 9.34. The van der Waals surface area contributed by atoms with Crippen LogP contribution in [0.2, 0.25) is 5.15 Å². The fourth-order valence-corrected chi connectivity index (χ4v) is 6.17. The van der Waals surface area contributed by atoms with Gasteiger partial charge in [0.15, 0.2) is 0 Å². The largest absolute Gasteiger partial charge is 0.439 e. The third-order valence-electron chi connectivity index (χ3n) is 8.89. The van der Waals surface area contributed by atoms with Crippen LogP contribution in [0, 0.1) is 0 Å². The van der Waals surface area contributed by atoms with Gasteiger partial charge in [0.05, 0.1) is 5.56 Å². The van der Waals surface area contributed by atoms with E-state index < -0.39 is 17.8 Å². The first-order valence-corrected chi connectivity index (χ1v) is 16.7. The molecule has 9 nitrogen and oxygen atoms in total. The summed E-state index contributed by atoms with van der Waals surface area (Å²) in [6.07, 6.45) is -0.209. The van der Waals surface area contributed by atoms with Crippen LogP contribution >= 0.6 is 11.6 Å². The Kier molecular flexibility index (Phi) is 11.6. The number of hydrogen-bond donors (Lipinski definition) is 1. The average Bonchev–Trinajstić information content (AvgIpc) is 3.81. The Bertz CT molecular complexity index is 1500. The lowest BCUT2D eigenvalue weighted by Gasteiger charge is -2.35. The molecule has 0 atom stereocenters. The average molecular weight is 674 g/mol. The van der Waals surface area contributed by atoms with Crippen molar-refractivity contribution < 1.29 is 22.7 Å². The lowest BCUT2D eigenvalue weighted by Crippen LogP contribution is -2.46.